The van der Waals surface area contributed by atoms with Gasteiger partial charge >= 0.3 is 0 Å². The van der Waals surface area contributed by atoms with E-state index in [9.17, 15) is 0 Å². The predicted molar refractivity (Wildman–Crippen MR) is 187 cm³/mol. The van der Waals surface area contributed by atoms with Gasteiger partial charge in [0, 0.05) is 48.3 Å². The highest BCUT2D eigenvalue weighted by Crippen LogP contribution is 2.43. The first kappa shape index (κ1) is 25.3. The van der Waals surface area contributed by atoms with Crippen LogP contribution in [0.3, 0.4) is 0 Å². The Morgan fingerprint density at radius 1 is 0.419 bits per heavy atom. The molecule has 0 atom stereocenters. The van der Waals surface area contributed by atoms with E-state index in [4.69, 9.17) is 0 Å². The van der Waals surface area contributed by atoms with E-state index in [0.29, 0.717) is 0 Å². The van der Waals surface area contributed by atoms with Crippen LogP contribution < -0.4 is 10.2 Å². The van der Waals surface area contributed by atoms with Gasteiger partial charge in [-0.2, -0.15) is 0 Å². The van der Waals surface area contributed by atoms with Crippen molar-refractivity contribution in [2.24, 2.45) is 0 Å². The number of nitrogens with zero attached hydrogens (tertiary/aromatic N) is 1. The third kappa shape index (κ3) is 4.80. The minimum atomic E-state index is 1.09. The van der Waals surface area contributed by atoms with Crippen molar-refractivity contribution in [1.82, 2.24) is 0 Å². The number of hydrogen-bond acceptors (Lipinski definition) is 3. The fourth-order valence-corrected chi connectivity index (χ4v) is 7.11. The minimum absolute atomic E-state index is 1.09. The van der Waals surface area contributed by atoms with Gasteiger partial charge < -0.3 is 10.2 Å². The third-order valence-corrected chi connectivity index (χ3v) is 9.13. The highest BCUT2D eigenvalue weighted by molar-refractivity contribution is 7.25. The van der Waals surface area contributed by atoms with E-state index >= 15 is 0 Å². The molecule has 1 N–H and O–H groups in total. The summed E-state index contributed by atoms with van der Waals surface area (Å²) in [5.41, 5.74) is 8.06. The first-order valence-electron chi connectivity index (χ1n) is 14.5. The van der Waals surface area contributed by atoms with Gasteiger partial charge in [-0.3, -0.25) is 0 Å². The lowest BCUT2D eigenvalue weighted by Gasteiger charge is -2.27. The van der Waals surface area contributed by atoms with Gasteiger partial charge in [0.15, 0.2) is 0 Å². The Labute approximate surface area is 255 Å². The third-order valence-electron chi connectivity index (χ3n) is 8.02. The van der Waals surface area contributed by atoms with Gasteiger partial charge in [-0.1, -0.05) is 109 Å². The molecular weight excluding hydrogens is 541 g/mol. The zero-order valence-electron chi connectivity index (χ0n) is 23.4. The van der Waals surface area contributed by atoms with Crippen LogP contribution in [0.15, 0.2) is 164 Å². The molecule has 0 aliphatic rings. The van der Waals surface area contributed by atoms with Gasteiger partial charge in [0.2, 0.25) is 0 Å². The lowest BCUT2D eigenvalue weighted by atomic mass is 10.0. The SMILES string of the molecule is c1ccc(Nc2ccc3c(c2)sc2cc(N(c4ccc(-c5ccccc5)cc4)c4cccc5ccccc45)ccc23)cc1. The van der Waals surface area contributed by atoms with Crippen LogP contribution in [-0.2, 0) is 0 Å². The molecule has 43 heavy (non-hydrogen) atoms. The Morgan fingerprint density at radius 3 is 1.86 bits per heavy atom. The molecule has 0 amide bonds. The van der Waals surface area contributed by atoms with Crippen molar-refractivity contribution >= 4 is 70.7 Å². The van der Waals surface area contributed by atoms with Crippen LogP contribution >= 0.6 is 11.3 Å². The lowest BCUT2D eigenvalue weighted by Crippen LogP contribution is -2.10. The van der Waals surface area contributed by atoms with Crippen molar-refractivity contribution in [2.75, 3.05) is 10.2 Å². The summed E-state index contributed by atoms with van der Waals surface area (Å²) in [6, 6.07) is 58.6. The Bertz CT molecular complexity index is 2200. The maximum absolute atomic E-state index is 3.54. The summed E-state index contributed by atoms with van der Waals surface area (Å²) < 4.78 is 2.55. The number of benzene rings is 7. The van der Waals surface area contributed by atoms with Gasteiger partial charge in [0.1, 0.15) is 0 Å². The monoisotopic (exact) mass is 568 g/mol. The minimum Gasteiger partial charge on any atom is -0.355 e. The summed E-state index contributed by atoms with van der Waals surface area (Å²) in [5, 5.41) is 8.57. The van der Waals surface area contributed by atoms with E-state index in [1.165, 1.54) is 47.8 Å². The van der Waals surface area contributed by atoms with Crippen LogP contribution in [0.5, 0.6) is 0 Å². The zero-order valence-corrected chi connectivity index (χ0v) is 24.3. The second-order valence-corrected chi connectivity index (χ2v) is 11.8. The van der Waals surface area contributed by atoms with Crippen LogP contribution in [0, 0.1) is 0 Å². The van der Waals surface area contributed by atoms with Gasteiger partial charge in [0.25, 0.3) is 0 Å². The molecule has 8 rings (SSSR count). The topological polar surface area (TPSA) is 15.3 Å². The van der Waals surface area contributed by atoms with Crippen molar-refractivity contribution in [2.45, 2.75) is 0 Å². The first-order valence-corrected chi connectivity index (χ1v) is 15.3. The fraction of sp³-hybridized carbons (Fsp3) is 0. The van der Waals surface area contributed by atoms with Gasteiger partial charge in [-0.05, 0) is 71.1 Å². The van der Waals surface area contributed by atoms with Gasteiger partial charge in [0.05, 0.1) is 5.69 Å². The van der Waals surface area contributed by atoms with E-state index in [2.05, 4.69) is 168 Å². The molecule has 0 saturated carbocycles. The smallest absolute Gasteiger partial charge is 0.0540 e. The molecule has 0 saturated heterocycles. The number of para-hydroxylation sites is 1. The number of thiophene rings is 1. The summed E-state index contributed by atoms with van der Waals surface area (Å²) in [6.07, 6.45) is 0. The molecule has 3 heteroatoms. The Morgan fingerprint density at radius 2 is 1.05 bits per heavy atom. The second kappa shape index (κ2) is 10.8. The van der Waals surface area contributed by atoms with Crippen LogP contribution in [0.1, 0.15) is 0 Å². The fourth-order valence-electron chi connectivity index (χ4n) is 5.93. The molecule has 7 aromatic carbocycles. The molecule has 0 unspecified atom stereocenters. The molecule has 0 spiro atoms. The van der Waals surface area contributed by atoms with Crippen molar-refractivity contribution in [3.63, 3.8) is 0 Å². The summed E-state index contributed by atoms with van der Waals surface area (Å²) in [4.78, 5) is 2.39. The summed E-state index contributed by atoms with van der Waals surface area (Å²) in [5.74, 6) is 0. The lowest BCUT2D eigenvalue weighted by molar-refractivity contribution is 1.30. The maximum Gasteiger partial charge on any atom is 0.0540 e. The van der Waals surface area contributed by atoms with E-state index in [0.717, 1.165) is 22.7 Å². The van der Waals surface area contributed by atoms with Crippen LogP contribution in [0.2, 0.25) is 0 Å². The average Bonchev–Trinajstić information content (AvgIpc) is 3.43. The first-order chi connectivity index (χ1) is 21.3. The van der Waals surface area contributed by atoms with Gasteiger partial charge in [-0.15, -0.1) is 11.3 Å². The summed E-state index contributed by atoms with van der Waals surface area (Å²) in [7, 11) is 0. The maximum atomic E-state index is 3.54. The quantitative estimate of drug-likeness (QED) is 0.215. The average molecular weight is 569 g/mol. The Balaban J connectivity index is 1.25. The van der Waals surface area contributed by atoms with E-state index < -0.39 is 0 Å². The second-order valence-electron chi connectivity index (χ2n) is 10.7. The Hall–Kier alpha value is -5.38. The van der Waals surface area contributed by atoms with Crippen LogP contribution in [0.4, 0.5) is 28.4 Å². The molecule has 0 aliphatic carbocycles. The highest BCUT2D eigenvalue weighted by Gasteiger charge is 2.17. The number of hydrogen-bond donors (Lipinski definition) is 1. The molecule has 0 aliphatic heterocycles. The van der Waals surface area contributed by atoms with E-state index in [1.54, 1.807) is 0 Å². The van der Waals surface area contributed by atoms with Crippen LogP contribution in [-0.4, -0.2) is 0 Å². The molecule has 0 bridgehead atoms. The zero-order chi connectivity index (χ0) is 28.6. The van der Waals surface area contributed by atoms with Crippen LogP contribution in [0.25, 0.3) is 42.1 Å². The number of anilines is 5. The molecule has 0 fully saturated rings. The Kier molecular flexibility index (Phi) is 6.36. The molecule has 1 aromatic heterocycles. The molecule has 8 aromatic rings. The van der Waals surface area contributed by atoms with Crippen molar-refractivity contribution < 1.29 is 0 Å². The van der Waals surface area contributed by atoms with Crippen molar-refractivity contribution in [1.29, 1.82) is 0 Å². The van der Waals surface area contributed by atoms with Gasteiger partial charge in [-0.25, -0.2) is 0 Å². The van der Waals surface area contributed by atoms with Crippen molar-refractivity contribution in [3.05, 3.63) is 164 Å². The predicted octanol–water partition coefficient (Wildman–Crippen LogP) is 12.1. The highest BCUT2D eigenvalue weighted by atomic mass is 32.1. The molecule has 1 heterocycles. The van der Waals surface area contributed by atoms with E-state index in [-0.39, 0.29) is 0 Å². The van der Waals surface area contributed by atoms with Crippen molar-refractivity contribution in [3.8, 4) is 11.1 Å². The molecule has 0 radical (unpaired) electrons. The number of rotatable bonds is 6. The summed E-state index contributed by atoms with van der Waals surface area (Å²) in [6.45, 7) is 0. The van der Waals surface area contributed by atoms with E-state index in [1.807, 2.05) is 17.4 Å². The largest absolute Gasteiger partial charge is 0.355 e. The molecule has 2 nitrogen and oxygen atoms in total. The number of fused-ring (bicyclic) bond motifs is 4. The normalized spacial score (nSPS) is 11.3. The number of nitrogens with one attached hydrogen (secondary N) is 1. The summed E-state index contributed by atoms with van der Waals surface area (Å²) >= 11 is 1.85. The molecule has 204 valence electrons. The standard InChI is InChI=1S/C40H28N2S/c1-3-10-28(11-4-1)29-18-21-33(22-19-29)42(38-17-9-13-30-12-7-8-16-35(30)38)34-23-25-37-36-24-20-32(26-39(36)43-40(37)27-34)41-31-14-5-2-6-15-31/h1-27,41H. The molecular formula is C40H28N2S.